The third-order valence-corrected chi connectivity index (χ3v) is 4.79. The molecular weight excluding hydrogens is 322 g/mol. The van der Waals surface area contributed by atoms with Crippen LogP contribution in [0.25, 0.3) is 4.96 Å². The van der Waals surface area contributed by atoms with Gasteiger partial charge in [0.25, 0.3) is 0 Å². The van der Waals surface area contributed by atoms with E-state index in [9.17, 15) is 9.59 Å². The Morgan fingerprint density at radius 2 is 2.04 bits per heavy atom. The molecule has 6 heteroatoms. The van der Waals surface area contributed by atoms with Crippen LogP contribution in [0.1, 0.15) is 40.0 Å². The maximum atomic E-state index is 12.2. The van der Waals surface area contributed by atoms with E-state index in [4.69, 9.17) is 0 Å². The van der Waals surface area contributed by atoms with E-state index in [1.807, 2.05) is 54.2 Å². The third kappa shape index (κ3) is 3.71. The Labute approximate surface area is 144 Å². The van der Waals surface area contributed by atoms with Gasteiger partial charge in [0.05, 0.1) is 12.2 Å². The van der Waals surface area contributed by atoms with Crippen molar-refractivity contribution in [1.82, 2.24) is 14.7 Å². The summed E-state index contributed by atoms with van der Waals surface area (Å²) in [6.45, 7) is 4.37. The molecule has 0 aliphatic carbocycles. The highest BCUT2D eigenvalue weighted by molar-refractivity contribution is 7.15. The smallest absolute Gasteiger partial charge is 0.220 e. The summed E-state index contributed by atoms with van der Waals surface area (Å²) in [6.07, 6.45) is 4.23. The van der Waals surface area contributed by atoms with Crippen LogP contribution in [0.15, 0.2) is 36.0 Å². The van der Waals surface area contributed by atoms with Gasteiger partial charge in [-0.15, -0.1) is 11.3 Å². The van der Waals surface area contributed by atoms with Crippen LogP contribution >= 0.6 is 11.3 Å². The molecule has 0 aliphatic heterocycles. The topological polar surface area (TPSA) is 63.5 Å². The van der Waals surface area contributed by atoms with Crippen LogP contribution in [0.3, 0.4) is 0 Å². The first-order chi connectivity index (χ1) is 11.5. The molecule has 0 spiro atoms. The second kappa shape index (κ2) is 6.97. The molecule has 0 fully saturated rings. The van der Waals surface area contributed by atoms with Gasteiger partial charge in [0, 0.05) is 36.2 Å². The normalized spacial score (nSPS) is 10.9. The molecule has 3 aromatic rings. The van der Waals surface area contributed by atoms with Gasteiger partial charge in [-0.3, -0.25) is 14.0 Å². The Hall–Kier alpha value is -2.47. The summed E-state index contributed by atoms with van der Waals surface area (Å²) in [5, 5.41) is 4.78. The highest BCUT2D eigenvalue weighted by Gasteiger charge is 2.11. The zero-order valence-corrected chi connectivity index (χ0v) is 14.5. The van der Waals surface area contributed by atoms with Crippen LogP contribution in [0, 0.1) is 13.8 Å². The SMILES string of the molecule is Cc1ccc(C(=O)CCC(=O)NCc2cn3ccsc3n2)cc1C. The van der Waals surface area contributed by atoms with Crippen molar-refractivity contribution in [2.45, 2.75) is 33.2 Å². The maximum Gasteiger partial charge on any atom is 0.220 e. The zero-order chi connectivity index (χ0) is 17.1. The van der Waals surface area contributed by atoms with Gasteiger partial charge in [-0.2, -0.15) is 0 Å². The van der Waals surface area contributed by atoms with Crippen molar-refractivity contribution in [1.29, 1.82) is 0 Å². The van der Waals surface area contributed by atoms with Gasteiger partial charge in [-0.05, 0) is 31.0 Å². The Balaban J connectivity index is 1.48. The Morgan fingerprint density at radius 3 is 2.79 bits per heavy atom. The molecule has 1 aromatic carbocycles. The number of nitrogens with one attached hydrogen (secondary N) is 1. The van der Waals surface area contributed by atoms with Gasteiger partial charge >= 0.3 is 0 Å². The van der Waals surface area contributed by atoms with Crippen LogP contribution in [-0.2, 0) is 11.3 Å². The van der Waals surface area contributed by atoms with Crippen LogP contribution < -0.4 is 5.32 Å². The number of aromatic nitrogens is 2. The quantitative estimate of drug-likeness (QED) is 0.700. The summed E-state index contributed by atoms with van der Waals surface area (Å²) in [5.74, 6) is -0.140. The van der Waals surface area contributed by atoms with Crippen molar-refractivity contribution in [2.75, 3.05) is 0 Å². The van der Waals surface area contributed by atoms with Gasteiger partial charge in [-0.1, -0.05) is 12.1 Å². The lowest BCUT2D eigenvalue weighted by atomic mass is 10.0. The average Bonchev–Trinajstić information content (AvgIpc) is 3.14. The van der Waals surface area contributed by atoms with Gasteiger partial charge in [0.2, 0.25) is 5.91 Å². The van der Waals surface area contributed by atoms with E-state index in [0.29, 0.717) is 12.1 Å². The summed E-state index contributed by atoms with van der Waals surface area (Å²) < 4.78 is 1.93. The van der Waals surface area contributed by atoms with Crippen molar-refractivity contribution >= 4 is 28.0 Å². The number of ketones is 1. The number of Topliss-reactive ketones (excluding diaryl/α,β-unsaturated/α-hetero) is 1. The molecule has 24 heavy (non-hydrogen) atoms. The van der Waals surface area contributed by atoms with Crippen LogP contribution in [0.2, 0.25) is 0 Å². The van der Waals surface area contributed by atoms with E-state index in [1.54, 1.807) is 11.3 Å². The molecule has 0 unspecified atom stereocenters. The van der Waals surface area contributed by atoms with E-state index in [1.165, 1.54) is 0 Å². The lowest BCUT2D eigenvalue weighted by molar-refractivity contribution is -0.121. The molecular formula is C18H19N3O2S. The Morgan fingerprint density at radius 1 is 1.21 bits per heavy atom. The van der Waals surface area contributed by atoms with Crippen LogP contribution in [0.4, 0.5) is 0 Å². The fraction of sp³-hybridized carbons (Fsp3) is 0.278. The maximum absolute atomic E-state index is 12.2. The molecule has 0 saturated carbocycles. The predicted octanol–water partition coefficient (Wildman–Crippen LogP) is 3.29. The number of hydrogen-bond donors (Lipinski definition) is 1. The summed E-state index contributed by atoms with van der Waals surface area (Å²) >= 11 is 1.55. The Bertz CT molecular complexity index is 866. The van der Waals surface area contributed by atoms with E-state index < -0.39 is 0 Å². The van der Waals surface area contributed by atoms with Gasteiger partial charge in [0.15, 0.2) is 10.7 Å². The molecule has 2 aromatic heterocycles. The minimum absolute atomic E-state index is 0.00393. The number of amides is 1. The van der Waals surface area contributed by atoms with Gasteiger partial charge < -0.3 is 5.32 Å². The largest absolute Gasteiger partial charge is 0.350 e. The van der Waals surface area contributed by atoms with Crippen LogP contribution in [-0.4, -0.2) is 21.1 Å². The van der Waals surface area contributed by atoms with Crippen LogP contribution in [0.5, 0.6) is 0 Å². The second-order valence-corrected chi connectivity index (χ2v) is 6.70. The van der Waals surface area contributed by atoms with Crippen molar-refractivity contribution in [3.05, 3.63) is 58.4 Å². The number of thiazole rings is 1. The summed E-state index contributed by atoms with van der Waals surface area (Å²) in [6, 6.07) is 5.64. The number of aryl methyl sites for hydroxylation is 2. The van der Waals surface area contributed by atoms with Crippen molar-refractivity contribution in [3.8, 4) is 0 Å². The third-order valence-electron chi connectivity index (χ3n) is 4.02. The predicted molar refractivity (Wildman–Crippen MR) is 94.4 cm³/mol. The van der Waals surface area contributed by atoms with E-state index in [-0.39, 0.29) is 24.5 Å². The first kappa shape index (κ1) is 16.4. The monoisotopic (exact) mass is 341 g/mol. The molecule has 0 bridgehead atoms. The molecule has 3 rings (SSSR count). The Kier molecular flexibility index (Phi) is 4.76. The summed E-state index contributed by atoms with van der Waals surface area (Å²) in [5.41, 5.74) is 3.73. The molecule has 0 atom stereocenters. The number of rotatable bonds is 6. The van der Waals surface area contributed by atoms with E-state index in [0.717, 1.165) is 21.8 Å². The molecule has 0 saturated heterocycles. The lowest BCUT2D eigenvalue weighted by Gasteiger charge is -2.05. The lowest BCUT2D eigenvalue weighted by Crippen LogP contribution is -2.23. The number of carbonyl (C=O) groups is 2. The van der Waals surface area contributed by atoms with E-state index in [2.05, 4.69) is 10.3 Å². The summed E-state index contributed by atoms with van der Waals surface area (Å²) in [7, 11) is 0. The highest BCUT2D eigenvalue weighted by Crippen LogP contribution is 2.13. The number of benzene rings is 1. The molecule has 2 heterocycles. The second-order valence-electron chi connectivity index (χ2n) is 5.82. The molecule has 1 amide bonds. The molecule has 0 aliphatic rings. The van der Waals surface area contributed by atoms with Crippen molar-refractivity contribution in [2.24, 2.45) is 0 Å². The van der Waals surface area contributed by atoms with Crippen molar-refractivity contribution < 1.29 is 9.59 Å². The molecule has 0 radical (unpaired) electrons. The standard InChI is InChI=1S/C18H19N3O2S/c1-12-3-4-14(9-13(12)2)16(22)5-6-17(23)19-10-15-11-21-7-8-24-18(21)20-15/h3-4,7-9,11H,5-6,10H2,1-2H3,(H,19,23). The fourth-order valence-electron chi connectivity index (χ4n) is 2.43. The molecule has 5 nitrogen and oxygen atoms in total. The van der Waals surface area contributed by atoms with E-state index >= 15 is 0 Å². The fourth-order valence-corrected chi connectivity index (χ4v) is 3.14. The minimum Gasteiger partial charge on any atom is -0.350 e. The number of hydrogen-bond acceptors (Lipinski definition) is 4. The number of carbonyl (C=O) groups excluding carboxylic acids is 2. The van der Waals surface area contributed by atoms with Gasteiger partial charge in [0.1, 0.15) is 0 Å². The minimum atomic E-state index is -0.136. The summed E-state index contributed by atoms with van der Waals surface area (Å²) in [4.78, 5) is 29.4. The first-order valence-electron chi connectivity index (χ1n) is 7.81. The number of nitrogens with zero attached hydrogens (tertiary/aromatic N) is 2. The molecule has 1 N–H and O–H groups in total. The first-order valence-corrected chi connectivity index (χ1v) is 8.69. The highest BCUT2D eigenvalue weighted by atomic mass is 32.1. The number of imidazole rings is 1. The van der Waals surface area contributed by atoms with Crippen molar-refractivity contribution in [3.63, 3.8) is 0 Å². The number of fused-ring (bicyclic) bond motifs is 1. The average molecular weight is 341 g/mol. The zero-order valence-electron chi connectivity index (χ0n) is 13.7. The van der Waals surface area contributed by atoms with Gasteiger partial charge in [-0.25, -0.2) is 4.98 Å². The molecule has 124 valence electrons.